The predicted octanol–water partition coefficient (Wildman–Crippen LogP) is 7.37. The molecule has 8 nitrogen and oxygen atoms in total. The van der Waals surface area contributed by atoms with Crippen LogP contribution in [0.4, 0.5) is 9.18 Å². The molecular weight excluding hydrogens is 587 g/mol. The van der Waals surface area contributed by atoms with Crippen molar-refractivity contribution in [3.8, 4) is 11.3 Å². The molecule has 1 saturated heterocycles. The number of hydrogen-bond donors (Lipinski definition) is 0. The molecule has 0 saturated carbocycles. The molecule has 2 atom stereocenters. The SMILES string of the molecule is [C-]#[N+]C[C@@H]1C[C@@H](n2cnc3c(-c4cccnc4C)nc4c(F)c(Br)c(Cl)cc4c32)CCN1C(=O)OC(C)(C)C. The molecule has 1 amide bonds. The Morgan fingerprint density at radius 2 is 2.10 bits per heavy atom. The summed E-state index contributed by atoms with van der Waals surface area (Å²) in [6.07, 6.45) is 4.13. The molecule has 5 rings (SSSR count). The monoisotopic (exact) mass is 612 g/mol. The number of carbonyl (C=O) groups excluding carboxylic acids is 1. The van der Waals surface area contributed by atoms with E-state index in [-0.39, 0.29) is 33.6 Å². The Hall–Kier alpha value is -3.29. The van der Waals surface area contributed by atoms with Gasteiger partial charge < -0.3 is 14.1 Å². The van der Waals surface area contributed by atoms with Crippen LogP contribution in [0.5, 0.6) is 0 Å². The lowest BCUT2D eigenvalue weighted by Crippen LogP contribution is -2.49. The van der Waals surface area contributed by atoms with Crippen molar-refractivity contribution < 1.29 is 13.9 Å². The Morgan fingerprint density at radius 3 is 2.79 bits per heavy atom. The second-order valence-electron chi connectivity index (χ2n) is 10.7. The Morgan fingerprint density at radius 1 is 1.33 bits per heavy atom. The minimum absolute atomic E-state index is 0.0978. The summed E-state index contributed by atoms with van der Waals surface area (Å²) in [5.74, 6) is -0.555. The van der Waals surface area contributed by atoms with Gasteiger partial charge in [-0.3, -0.25) is 9.88 Å². The fraction of sp³-hybridized carbons (Fsp3) is 0.393. The number of aryl methyl sites for hydroxylation is 1. The number of likely N-dealkylation sites (tertiary alicyclic amines) is 1. The van der Waals surface area contributed by atoms with Gasteiger partial charge in [-0.25, -0.2) is 25.7 Å². The molecule has 1 fully saturated rings. The van der Waals surface area contributed by atoms with Crippen molar-refractivity contribution in [2.75, 3.05) is 13.1 Å². The van der Waals surface area contributed by atoms with Crippen LogP contribution in [0.15, 0.2) is 35.2 Å². The summed E-state index contributed by atoms with van der Waals surface area (Å²) in [4.78, 5) is 32.0. The molecule has 4 aromatic rings. The van der Waals surface area contributed by atoms with E-state index in [1.54, 1.807) is 23.5 Å². The van der Waals surface area contributed by atoms with Crippen LogP contribution in [0, 0.1) is 19.3 Å². The molecule has 0 bridgehead atoms. The lowest BCUT2D eigenvalue weighted by Gasteiger charge is -2.38. The highest BCUT2D eigenvalue weighted by Crippen LogP contribution is 2.40. The van der Waals surface area contributed by atoms with E-state index in [0.29, 0.717) is 41.5 Å². The lowest BCUT2D eigenvalue weighted by atomic mass is 9.96. The topological polar surface area (TPSA) is 77.5 Å². The zero-order chi connectivity index (χ0) is 28.1. The van der Waals surface area contributed by atoms with Crippen LogP contribution in [-0.4, -0.2) is 55.2 Å². The maximum absolute atomic E-state index is 15.6. The van der Waals surface area contributed by atoms with Gasteiger partial charge in [-0.05, 0) is 74.7 Å². The van der Waals surface area contributed by atoms with E-state index >= 15 is 4.39 Å². The molecular formula is C28H27BrClFN6O2. The average Bonchev–Trinajstić information content (AvgIpc) is 3.32. The van der Waals surface area contributed by atoms with E-state index in [4.69, 9.17) is 32.9 Å². The first-order chi connectivity index (χ1) is 18.5. The van der Waals surface area contributed by atoms with Crippen LogP contribution >= 0.6 is 27.5 Å². The molecule has 202 valence electrons. The van der Waals surface area contributed by atoms with E-state index in [0.717, 1.165) is 11.3 Å². The van der Waals surface area contributed by atoms with Gasteiger partial charge in [0.1, 0.15) is 28.4 Å². The quantitative estimate of drug-likeness (QED) is 0.178. The lowest BCUT2D eigenvalue weighted by molar-refractivity contribution is 0.00765. The first-order valence-corrected chi connectivity index (χ1v) is 13.8. The van der Waals surface area contributed by atoms with E-state index in [1.165, 1.54) is 0 Å². The Labute approximate surface area is 239 Å². The largest absolute Gasteiger partial charge is 0.444 e. The summed E-state index contributed by atoms with van der Waals surface area (Å²) in [5, 5.41) is 0.765. The third-order valence-corrected chi connectivity index (χ3v) is 8.21. The predicted molar refractivity (Wildman–Crippen MR) is 152 cm³/mol. The molecule has 3 aromatic heterocycles. The smallest absolute Gasteiger partial charge is 0.410 e. The van der Waals surface area contributed by atoms with E-state index in [9.17, 15) is 4.79 Å². The van der Waals surface area contributed by atoms with Gasteiger partial charge >= 0.3 is 6.09 Å². The first-order valence-electron chi connectivity index (χ1n) is 12.6. The molecule has 0 unspecified atom stereocenters. The maximum Gasteiger partial charge on any atom is 0.410 e. The number of nitrogens with zero attached hydrogens (tertiary/aromatic N) is 6. The van der Waals surface area contributed by atoms with E-state index in [1.807, 2.05) is 44.4 Å². The number of fused-ring (bicyclic) bond motifs is 3. The van der Waals surface area contributed by atoms with Crippen molar-refractivity contribution in [3.63, 3.8) is 0 Å². The number of aromatic nitrogens is 4. The number of imidazole rings is 1. The second kappa shape index (κ2) is 10.4. The van der Waals surface area contributed by atoms with Gasteiger partial charge in [0.05, 0.1) is 21.3 Å². The zero-order valence-corrected chi connectivity index (χ0v) is 24.3. The summed E-state index contributed by atoms with van der Waals surface area (Å²) < 4.78 is 23.3. The average molecular weight is 614 g/mol. The molecule has 39 heavy (non-hydrogen) atoms. The summed E-state index contributed by atoms with van der Waals surface area (Å²) in [6.45, 7) is 15.4. The molecule has 4 heterocycles. The van der Waals surface area contributed by atoms with Crippen LogP contribution in [0.25, 0.3) is 38.0 Å². The van der Waals surface area contributed by atoms with Gasteiger partial charge in [-0.1, -0.05) is 11.6 Å². The van der Waals surface area contributed by atoms with Gasteiger partial charge in [0.2, 0.25) is 6.54 Å². The molecule has 0 aliphatic carbocycles. The fourth-order valence-corrected chi connectivity index (χ4v) is 5.66. The van der Waals surface area contributed by atoms with E-state index in [2.05, 4.69) is 25.8 Å². The van der Waals surface area contributed by atoms with Crippen LogP contribution in [0.1, 0.15) is 45.3 Å². The molecule has 0 spiro atoms. The Kier molecular flexibility index (Phi) is 7.25. The summed E-state index contributed by atoms with van der Waals surface area (Å²) in [5.41, 5.74) is 2.86. The number of amides is 1. The first kappa shape index (κ1) is 27.3. The van der Waals surface area contributed by atoms with Crippen molar-refractivity contribution in [3.05, 3.63) is 63.1 Å². The molecule has 1 aromatic carbocycles. The summed E-state index contributed by atoms with van der Waals surface area (Å²) >= 11 is 9.66. The standard InChI is InChI=1S/C28H27BrClFN6O2/c1-15-18(7-6-9-33-15)24-25-26(19-12-20(30)21(29)22(31)23(19)35-24)37(14-34-25)16-8-10-36(17(11-16)13-32-5)27(38)39-28(2,3)4/h6-7,9,12,14,16-17H,8,10-11,13H2,1-4H3/t16-,17-/m0/s1. The zero-order valence-electron chi connectivity index (χ0n) is 22.0. The number of benzene rings is 1. The molecule has 1 aliphatic heterocycles. The summed E-state index contributed by atoms with van der Waals surface area (Å²) in [6, 6.07) is 4.97. The number of halogens is 3. The number of piperidine rings is 1. The van der Waals surface area contributed by atoms with Crippen molar-refractivity contribution in [2.24, 2.45) is 0 Å². The second-order valence-corrected chi connectivity index (χ2v) is 11.9. The Balaban J connectivity index is 1.66. The van der Waals surface area contributed by atoms with Crippen LogP contribution in [0.3, 0.4) is 0 Å². The highest BCUT2D eigenvalue weighted by molar-refractivity contribution is 9.10. The molecule has 0 radical (unpaired) electrons. The van der Waals surface area contributed by atoms with Gasteiger partial charge in [-0.15, -0.1) is 0 Å². The van der Waals surface area contributed by atoms with Crippen molar-refractivity contribution in [1.29, 1.82) is 0 Å². The highest BCUT2D eigenvalue weighted by Gasteiger charge is 2.37. The molecule has 11 heteroatoms. The third-order valence-electron chi connectivity index (χ3n) is 6.91. The number of rotatable bonds is 3. The number of pyridine rings is 2. The van der Waals surface area contributed by atoms with Crippen molar-refractivity contribution in [1.82, 2.24) is 24.4 Å². The highest BCUT2D eigenvalue weighted by atomic mass is 79.9. The normalized spacial score (nSPS) is 17.9. The van der Waals surface area contributed by atoms with Crippen LogP contribution in [0.2, 0.25) is 5.02 Å². The van der Waals surface area contributed by atoms with Gasteiger partial charge in [0.25, 0.3) is 0 Å². The van der Waals surface area contributed by atoms with Crippen LogP contribution in [-0.2, 0) is 4.74 Å². The minimum atomic E-state index is -0.637. The maximum atomic E-state index is 15.6. The number of hydrogen-bond acceptors (Lipinski definition) is 5. The van der Waals surface area contributed by atoms with Gasteiger partial charge in [0.15, 0.2) is 5.82 Å². The molecule has 0 N–H and O–H groups in total. The van der Waals surface area contributed by atoms with Crippen molar-refractivity contribution >= 4 is 55.6 Å². The third kappa shape index (κ3) is 5.06. The van der Waals surface area contributed by atoms with Gasteiger partial charge in [-0.2, -0.15) is 0 Å². The Bertz CT molecular complexity index is 1640. The van der Waals surface area contributed by atoms with Gasteiger partial charge in [0, 0.05) is 35.4 Å². The molecule has 1 aliphatic rings. The fourth-order valence-electron chi connectivity index (χ4n) is 5.16. The van der Waals surface area contributed by atoms with Crippen LogP contribution < -0.4 is 0 Å². The summed E-state index contributed by atoms with van der Waals surface area (Å²) in [7, 11) is 0. The van der Waals surface area contributed by atoms with Crippen molar-refractivity contribution in [2.45, 2.75) is 58.2 Å². The minimum Gasteiger partial charge on any atom is -0.444 e. The number of carbonyl (C=O) groups is 1. The van der Waals surface area contributed by atoms with E-state index < -0.39 is 17.5 Å². The number of ether oxygens (including phenoxy) is 1.